The van der Waals surface area contributed by atoms with Crippen molar-refractivity contribution in [2.75, 3.05) is 4.83 Å². The van der Waals surface area contributed by atoms with Crippen LogP contribution in [0.25, 0.3) is 10.6 Å². The van der Waals surface area contributed by atoms with Crippen LogP contribution in [0.4, 0.5) is 13.2 Å². The van der Waals surface area contributed by atoms with Crippen LogP contribution in [0.3, 0.4) is 0 Å². The standard InChI is InChI=1S/C15H11BrF3N3O2S2/c1-9-8-25-14(13(9)16)11-7-12(15(17,18)19)20-22(11)21-26(23,24)10-5-3-2-4-6-10/h2-8,21H,1H3. The van der Waals surface area contributed by atoms with Crippen LogP contribution in [-0.4, -0.2) is 18.3 Å². The Balaban J connectivity index is 2.12. The molecule has 0 amide bonds. The van der Waals surface area contributed by atoms with Gasteiger partial charge in [0.05, 0.1) is 9.77 Å². The number of hydrogen-bond donors (Lipinski definition) is 1. The van der Waals surface area contributed by atoms with Crippen LogP contribution < -0.4 is 4.83 Å². The third kappa shape index (κ3) is 3.64. The predicted molar refractivity (Wildman–Crippen MR) is 96.0 cm³/mol. The summed E-state index contributed by atoms with van der Waals surface area (Å²) in [5, 5.41) is 5.15. The number of thiophene rings is 1. The number of rotatable bonds is 4. The Kier molecular flexibility index (Phi) is 4.88. The molecule has 26 heavy (non-hydrogen) atoms. The molecule has 1 N–H and O–H groups in total. The molecule has 1 aromatic carbocycles. The zero-order valence-electron chi connectivity index (χ0n) is 13.1. The van der Waals surface area contributed by atoms with E-state index in [4.69, 9.17) is 0 Å². The minimum absolute atomic E-state index is 0.0122. The first-order valence-corrected chi connectivity index (χ1v) is 10.2. The van der Waals surface area contributed by atoms with E-state index in [0.717, 1.165) is 11.6 Å². The van der Waals surface area contributed by atoms with Gasteiger partial charge in [-0.1, -0.05) is 18.2 Å². The molecular weight excluding hydrogens is 455 g/mol. The van der Waals surface area contributed by atoms with Gasteiger partial charge in [0.2, 0.25) is 0 Å². The van der Waals surface area contributed by atoms with Crippen LogP contribution in [0.1, 0.15) is 11.3 Å². The fourth-order valence-electron chi connectivity index (χ4n) is 2.12. The molecule has 0 spiro atoms. The van der Waals surface area contributed by atoms with E-state index in [0.29, 0.717) is 14.1 Å². The summed E-state index contributed by atoms with van der Waals surface area (Å²) in [5.41, 5.74) is -0.389. The lowest BCUT2D eigenvalue weighted by Gasteiger charge is -2.10. The number of nitrogens with zero attached hydrogens (tertiary/aromatic N) is 2. The Morgan fingerprint density at radius 2 is 1.88 bits per heavy atom. The Morgan fingerprint density at radius 3 is 2.42 bits per heavy atom. The molecule has 0 saturated heterocycles. The van der Waals surface area contributed by atoms with Crippen LogP contribution in [-0.2, 0) is 16.2 Å². The van der Waals surface area contributed by atoms with Crippen LogP contribution >= 0.6 is 27.3 Å². The molecule has 2 aromatic heterocycles. The van der Waals surface area contributed by atoms with Crippen LogP contribution in [0.15, 0.2) is 51.1 Å². The quantitative estimate of drug-likeness (QED) is 0.610. The molecule has 0 radical (unpaired) electrons. The van der Waals surface area contributed by atoms with Crippen LogP contribution in [0, 0.1) is 6.92 Å². The zero-order valence-corrected chi connectivity index (χ0v) is 16.3. The monoisotopic (exact) mass is 465 g/mol. The maximum Gasteiger partial charge on any atom is 0.435 e. The van der Waals surface area contributed by atoms with Gasteiger partial charge in [-0.15, -0.1) is 16.4 Å². The fourth-order valence-corrected chi connectivity index (χ4v) is 4.80. The first-order chi connectivity index (χ1) is 12.1. The second kappa shape index (κ2) is 6.71. The molecule has 0 fully saturated rings. The first kappa shape index (κ1) is 18.9. The highest BCUT2D eigenvalue weighted by molar-refractivity contribution is 9.10. The molecular formula is C15H11BrF3N3O2S2. The largest absolute Gasteiger partial charge is 0.435 e. The number of aromatic nitrogens is 2. The van der Waals surface area contributed by atoms with Crippen molar-refractivity contribution in [2.24, 2.45) is 0 Å². The minimum Gasteiger partial charge on any atom is -0.200 e. The Morgan fingerprint density at radius 1 is 1.23 bits per heavy atom. The molecule has 0 bridgehead atoms. The third-order valence-corrected chi connectivity index (χ3v) is 7.10. The normalized spacial score (nSPS) is 12.3. The SMILES string of the molecule is Cc1csc(-c2cc(C(F)(F)F)nn2NS(=O)(=O)c2ccccc2)c1Br. The molecule has 0 atom stereocenters. The molecule has 3 rings (SSSR count). The van der Waals surface area contributed by atoms with Crippen molar-refractivity contribution in [2.45, 2.75) is 18.0 Å². The molecule has 0 aliphatic heterocycles. The summed E-state index contributed by atoms with van der Waals surface area (Å²) in [6.45, 7) is 1.78. The predicted octanol–water partition coefficient (Wildman–Crippen LogP) is 4.63. The van der Waals surface area contributed by atoms with E-state index in [2.05, 4.69) is 25.9 Å². The molecule has 2 heterocycles. The summed E-state index contributed by atoms with van der Waals surface area (Å²) >= 11 is 4.50. The second-order valence-corrected chi connectivity index (χ2v) is 8.63. The van der Waals surface area contributed by atoms with Gasteiger partial charge >= 0.3 is 6.18 Å². The van der Waals surface area contributed by atoms with Crippen LogP contribution in [0.2, 0.25) is 0 Å². The van der Waals surface area contributed by atoms with Crippen molar-refractivity contribution in [1.29, 1.82) is 0 Å². The molecule has 0 unspecified atom stereocenters. The Labute approximate surface area is 159 Å². The lowest BCUT2D eigenvalue weighted by molar-refractivity contribution is -0.141. The molecule has 138 valence electrons. The zero-order chi connectivity index (χ0) is 19.1. The minimum atomic E-state index is -4.71. The Hall–Kier alpha value is -1.85. The van der Waals surface area contributed by atoms with E-state index in [1.54, 1.807) is 18.4 Å². The summed E-state index contributed by atoms with van der Waals surface area (Å²) in [7, 11) is -4.11. The summed E-state index contributed by atoms with van der Waals surface area (Å²) in [6.07, 6.45) is -4.71. The molecule has 0 aliphatic carbocycles. The van der Waals surface area contributed by atoms with Gasteiger partial charge < -0.3 is 0 Å². The smallest absolute Gasteiger partial charge is 0.200 e. The van der Waals surface area contributed by atoms with Gasteiger partial charge in [0.25, 0.3) is 10.0 Å². The van der Waals surface area contributed by atoms with Gasteiger partial charge in [0, 0.05) is 4.47 Å². The van der Waals surface area contributed by atoms with Gasteiger partial charge in [-0.25, -0.2) is 0 Å². The van der Waals surface area contributed by atoms with Crippen molar-refractivity contribution < 1.29 is 21.6 Å². The first-order valence-electron chi connectivity index (χ1n) is 7.08. The van der Waals surface area contributed by atoms with Crippen molar-refractivity contribution in [1.82, 2.24) is 9.89 Å². The van der Waals surface area contributed by atoms with Gasteiger partial charge in [-0.2, -0.15) is 31.2 Å². The highest BCUT2D eigenvalue weighted by Crippen LogP contribution is 2.39. The average molecular weight is 466 g/mol. The number of sulfonamides is 1. The number of aryl methyl sites for hydroxylation is 1. The second-order valence-electron chi connectivity index (χ2n) is 5.29. The van der Waals surface area contributed by atoms with E-state index in [-0.39, 0.29) is 10.6 Å². The van der Waals surface area contributed by atoms with Crippen molar-refractivity contribution in [3.8, 4) is 10.6 Å². The summed E-state index contributed by atoms with van der Waals surface area (Å²) in [5.74, 6) is 0. The van der Waals surface area contributed by atoms with E-state index in [1.165, 1.54) is 35.6 Å². The molecule has 11 heteroatoms. The van der Waals surface area contributed by atoms with E-state index in [9.17, 15) is 21.6 Å². The van der Waals surface area contributed by atoms with Gasteiger partial charge in [-0.05, 0) is 52.0 Å². The van der Waals surface area contributed by atoms with Crippen molar-refractivity contribution in [3.63, 3.8) is 0 Å². The maximum absolute atomic E-state index is 13.1. The third-order valence-electron chi connectivity index (χ3n) is 3.39. The summed E-state index contributed by atoms with van der Waals surface area (Å²) in [4.78, 5) is 3.08. The Bertz CT molecular complexity index is 1040. The molecule has 5 nitrogen and oxygen atoms in total. The lowest BCUT2D eigenvalue weighted by atomic mass is 10.2. The number of halogens is 4. The number of benzene rings is 1. The lowest BCUT2D eigenvalue weighted by Crippen LogP contribution is -2.25. The highest BCUT2D eigenvalue weighted by Gasteiger charge is 2.36. The van der Waals surface area contributed by atoms with Gasteiger partial charge in [0.1, 0.15) is 5.69 Å². The van der Waals surface area contributed by atoms with Crippen LogP contribution in [0.5, 0.6) is 0 Å². The maximum atomic E-state index is 13.1. The summed E-state index contributed by atoms with van der Waals surface area (Å²) in [6, 6.07) is 8.13. The molecule has 3 aromatic rings. The molecule has 0 aliphatic rings. The number of nitrogens with one attached hydrogen (secondary N) is 1. The van der Waals surface area contributed by atoms with Gasteiger partial charge in [-0.3, -0.25) is 0 Å². The van der Waals surface area contributed by atoms with Crippen molar-refractivity contribution >= 4 is 37.3 Å². The summed E-state index contributed by atoms with van der Waals surface area (Å²) < 4.78 is 64.8. The number of alkyl halides is 3. The fraction of sp³-hybridized carbons (Fsp3) is 0.133. The number of hydrogen-bond acceptors (Lipinski definition) is 4. The van der Waals surface area contributed by atoms with E-state index in [1.807, 2.05) is 0 Å². The van der Waals surface area contributed by atoms with Gasteiger partial charge in [0.15, 0.2) is 5.69 Å². The van der Waals surface area contributed by atoms with E-state index < -0.39 is 21.9 Å². The topological polar surface area (TPSA) is 64.0 Å². The molecule has 0 saturated carbocycles. The average Bonchev–Trinajstić information content (AvgIpc) is 3.12. The van der Waals surface area contributed by atoms with Crippen molar-refractivity contribution in [3.05, 3.63) is 57.5 Å². The van der Waals surface area contributed by atoms with E-state index >= 15 is 0 Å². The highest BCUT2D eigenvalue weighted by atomic mass is 79.9.